The van der Waals surface area contributed by atoms with E-state index in [0.717, 1.165) is 17.0 Å². The summed E-state index contributed by atoms with van der Waals surface area (Å²) in [5, 5.41) is 0. The van der Waals surface area contributed by atoms with E-state index in [1.807, 2.05) is 26.0 Å². The predicted molar refractivity (Wildman–Crippen MR) is 72.1 cm³/mol. The Hall–Kier alpha value is -1.71. The highest BCUT2D eigenvalue weighted by Crippen LogP contribution is 2.22. The highest BCUT2D eigenvalue weighted by molar-refractivity contribution is 6.02. The Labute approximate surface area is 103 Å². The molecule has 0 amide bonds. The molecular weight excluding hydrogens is 214 g/mol. The second-order valence-corrected chi connectivity index (χ2v) is 4.24. The van der Waals surface area contributed by atoms with E-state index in [0.29, 0.717) is 11.8 Å². The van der Waals surface area contributed by atoms with Crippen molar-refractivity contribution in [2.24, 2.45) is 10.9 Å². The molecule has 17 heavy (non-hydrogen) atoms. The zero-order valence-electron chi connectivity index (χ0n) is 11.2. The van der Waals surface area contributed by atoms with Gasteiger partial charge >= 0.3 is 0 Å². The zero-order chi connectivity index (χ0) is 13.0. The molecule has 0 saturated heterocycles. The summed E-state index contributed by atoms with van der Waals surface area (Å²) in [6, 6.07) is 1.92. The molecule has 0 atom stereocenters. The number of hydrogen-bond acceptors (Lipinski definition) is 3. The Bertz CT molecular complexity index is 442. The van der Waals surface area contributed by atoms with Crippen LogP contribution in [-0.4, -0.2) is 17.5 Å². The van der Waals surface area contributed by atoms with Gasteiger partial charge in [0.25, 0.3) is 0 Å². The third-order valence-corrected chi connectivity index (χ3v) is 2.55. The smallest absolute Gasteiger partial charge is 0.212 e. The molecule has 1 rings (SSSR count). The van der Waals surface area contributed by atoms with Crippen LogP contribution < -0.4 is 10.6 Å². The zero-order valence-corrected chi connectivity index (χ0v) is 11.2. The van der Waals surface area contributed by atoms with E-state index < -0.39 is 0 Å². The Balaban J connectivity index is 3.33. The van der Waals surface area contributed by atoms with Crippen LogP contribution in [0.15, 0.2) is 23.3 Å². The minimum atomic E-state index is 0.298. The molecule has 0 radical (unpaired) electrons. The first kappa shape index (κ1) is 13.4. The van der Waals surface area contributed by atoms with Gasteiger partial charge in [0.2, 0.25) is 5.88 Å². The van der Waals surface area contributed by atoms with Crippen LogP contribution in [0, 0.1) is 12.8 Å². The normalized spacial score (nSPS) is 12.7. The molecule has 0 saturated carbocycles. The maximum Gasteiger partial charge on any atom is 0.212 e. The lowest BCUT2D eigenvalue weighted by molar-refractivity contribution is 0.386. The molecule has 1 aromatic heterocycles. The van der Waals surface area contributed by atoms with Gasteiger partial charge in [-0.1, -0.05) is 19.9 Å². The molecule has 0 aliphatic carbocycles. The van der Waals surface area contributed by atoms with Crippen molar-refractivity contribution in [3.63, 3.8) is 0 Å². The van der Waals surface area contributed by atoms with Crippen LogP contribution in [0.3, 0.4) is 0 Å². The second kappa shape index (κ2) is 5.57. The number of ether oxygens (including phenoxy) is 1. The van der Waals surface area contributed by atoms with Crippen molar-refractivity contribution in [2.75, 3.05) is 13.0 Å². The lowest BCUT2D eigenvalue weighted by atomic mass is 10.0. The average molecular weight is 235 g/mol. The molecule has 0 fully saturated rings. The van der Waals surface area contributed by atoms with E-state index in [4.69, 9.17) is 10.6 Å². The Morgan fingerprint density at radius 3 is 2.59 bits per heavy atom. The van der Waals surface area contributed by atoms with E-state index in [1.54, 1.807) is 18.0 Å². The van der Waals surface area contributed by atoms with Crippen LogP contribution >= 0.6 is 0 Å². The molecule has 0 aromatic carbocycles. The minimum Gasteiger partial charge on any atom is -0.481 e. The maximum atomic E-state index is 6.01. The number of rotatable bonds is 4. The lowest BCUT2D eigenvalue weighted by Crippen LogP contribution is -2.21. The maximum absolute atomic E-state index is 6.01. The van der Waals surface area contributed by atoms with Gasteiger partial charge < -0.3 is 10.6 Å². The van der Waals surface area contributed by atoms with Gasteiger partial charge in [0.1, 0.15) is 0 Å². The summed E-state index contributed by atoms with van der Waals surface area (Å²) in [7, 11) is 1.61. The summed E-state index contributed by atoms with van der Waals surface area (Å²) < 4.78 is 6.76. The third kappa shape index (κ3) is 2.70. The first-order valence-electron chi connectivity index (χ1n) is 5.73. The third-order valence-electron chi connectivity index (χ3n) is 2.55. The average Bonchev–Trinajstić information content (AvgIpc) is 2.56. The number of nitrogen functional groups attached to an aromatic ring is 1. The van der Waals surface area contributed by atoms with Crippen molar-refractivity contribution in [2.45, 2.75) is 27.7 Å². The first-order chi connectivity index (χ1) is 8.02. The molecule has 0 unspecified atom stereocenters. The van der Waals surface area contributed by atoms with Gasteiger partial charge in [0.15, 0.2) is 0 Å². The lowest BCUT2D eigenvalue weighted by Gasteiger charge is -2.12. The van der Waals surface area contributed by atoms with Gasteiger partial charge in [-0.2, -0.15) is 0 Å². The van der Waals surface area contributed by atoms with Crippen molar-refractivity contribution in [3.8, 4) is 5.88 Å². The SMILES string of the molecule is C/C=C\N=C(c1c(C)cc(OC)n1N)C(C)C. The summed E-state index contributed by atoms with van der Waals surface area (Å²) in [6.45, 7) is 8.15. The van der Waals surface area contributed by atoms with Crippen LogP contribution in [0.1, 0.15) is 32.0 Å². The summed E-state index contributed by atoms with van der Waals surface area (Å²) in [6.07, 6.45) is 3.69. The number of methoxy groups -OCH3 is 1. The summed E-state index contributed by atoms with van der Waals surface area (Å²) in [4.78, 5) is 4.46. The van der Waals surface area contributed by atoms with Crippen molar-refractivity contribution in [1.82, 2.24) is 4.68 Å². The molecule has 0 spiro atoms. The van der Waals surface area contributed by atoms with E-state index in [9.17, 15) is 0 Å². The molecule has 4 nitrogen and oxygen atoms in total. The Kier molecular flexibility index (Phi) is 4.37. The van der Waals surface area contributed by atoms with E-state index in [-0.39, 0.29) is 0 Å². The fourth-order valence-electron chi connectivity index (χ4n) is 1.74. The van der Waals surface area contributed by atoms with Crippen molar-refractivity contribution in [1.29, 1.82) is 0 Å². The van der Waals surface area contributed by atoms with Gasteiger partial charge in [0, 0.05) is 12.3 Å². The van der Waals surface area contributed by atoms with Gasteiger partial charge in [-0.25, -0.2) is 4.68 Å². The Morgan fingerprint density at radius 2 is 2.18 bits per heavy atom. The van der Waals surface area contributed by atoms with E-state index >= 15 is 0 Å². The summed E-state index contributed by atoms with van der Waals surface area (Å²) in [5.41, 5.74) is 2.96. The van der Waals surface area contributed by atoms with E-state index in [2.05, 4.69) is 18.8 Å². The van der Waals surface area contributed by atoms with Crippen LogP contribution in [0.4, 0.5) is 0 Å². The monoisotopic (exact) mass is 235 g/mol. The molecule has 0 aliphatic heterocycles. The number of nitrogens with zero attached hydrogens (tertiary/aromatic N) is 2. The largest absolute Gasteiger partial charge is 0.481 e. The van der Waals surface area contributed by atoms with Gasteiger partial charge in [-0.05, 0) is 25.3 Å². The van der Waals surface area contributed by atoms with Crippen LogP contribution in [0.25, 0.3) is 0 Å². The van der Waals surface area contributed by atoms with Gasteiger partial charge in [-0.3, -0.25) is 4.99 Å². The molecular formula is C13H21N3O. The molecule has 0 bridgehead atoms. The molecule has 1 aromatic rings. The molecule has 1 heterocycles. The molecule has 4 heteroatoms. The number of allylic oxidation sites excluding steroid dienone is 1. The van der Waals surface area contributed by atoms with Crippen molar-refractivity contribution in [3.05, 3.63) is 29.6 Å². The quantitative estimate of drug-likeness (QED) is 0.644. The summed E-state index contributed by atoms with van der Waals surface area (Å²) >= 11 is 0. The van der Waals surface area contributed by atoms with Crippen molar-refractivity contribution < 1.29 is 4.74 Å². The topological polar surface area (TPSA) is 52.5 Å². The highest BCUT2D eigenvalue weighted by Gasteiger charge is 2.18. The molecule has 94 valence electrons. The van der Waals surface area contributed by atoms with Crippen LogP contribution in [-0.2, 0) is 0 Å². The Morgan fingerprint density at radius 1 is 1.53 bits per heavy atom. The number of aliphatic imine (C=N–C) groups is 1. The first-order valence-corrected chi connectivity index (χ1v) is 5.73. The number of aromatic nitrogens is 1. The van der Waals surface area contributed by atoms with Gasteiger partial charge in [-0.15, -0.1) is 0 Å². The van der Waals surface area contributed by atoms with Crippen molar-refractivity contribution >= 4 is 5.71 Å². The number of hydrogen-bond donors (Lipinski definition) is 1. The van der Waals surface area contributed by atoms with Crippen LogP contribution in [0.5, 0.6) is 5.88 Å². The number of nitrogens with two attached hydrogens (primary N) is 1. The van der Waals surface area contributed by atoms with Gasteiger partial charge in [0.05, 0.1) is 18.5 Å². The standard InChI is InChI=1S/C13H21N3O/c1-6-7-15-12(9(2)3)13-10(4)8-11(17-5)16(13)14/h6-9H,14H2,1-5H3/b7-6-,15-12?. The highest BCUT2D eigenvalue weighted by atomic mass is 16.5. The second-order valence-electron chi connectivity index (χ2n) is 4.24. The predicted octanol–water partition coefficient (Wildman–Crippen LogP) is 2.50. The minimum absolute atomic E-state index is 0.298. The van der Waals surface area contributed by atoms with E-state index in [1.165, 1.54) is 0 Å². The molecule has 2 N–H and O–H groups in total. The fraction of sp³-hybridized carbons (Fsp3) is 0.462. The summed E-state index contributed by atoms with van der Waals surface area (Å²) in [5.74, 6) is 6.95. The fourth-order valence-corrected chi connectivity index (χ4v) is 1.74. The van der Waals surface area contributed by atoms with Crippen LogP contribution in [0.2, 0.25) is 0 Å². The number of aryl methyl sites for hydroxylation is 1. The molecule has 0 aliphatic rings.